The molecule has 3 N–H and O–H groups in total. The van der Waals surface area contributed by atoms with Gasteiger partial charge in [-0.2, -0.15) is 0 Å². The van der Waals surface area contributed by atoms with Crippen LogP contribution < -0.4 is 11.1 Å². The lowest BCUT2D eigenvalue weighted by Crippen LogP contribution is -2.42. The van der Waals surface area contributed by atoms with Crippen LogP contribution >= 0.6 is 0 Å². The summed E-state index contributed by atoms with van der Waals surface area (Å²) in [6, 6.07) is 11.7. The average Bonchev–Trinajstić information content (AvgIpc) is 3.12. The van der Waals surface area contributed by atoms with E-state index < -0.39 is 17.9 Å². The van der Waals surface area contributed by atoms with Gasteiger partial charge >= 0.3 is 0 Å². The van der Waals surface area contributed by atoms with Crippen LogP contribution in [0.2, 0.25) is 0 Å². The van der Waals surface area contributed by atoms with Crippen LogP contribution in [0.1, 0.15) is 17.3 Å². The normalized spacial score (nSPS) is 11.8. The number of nitrogens with zero attached hydrogens (tertiary/aromatic N) is 1. The number of hydrogen-bond donors (Lipinski definition) is 2. The number of carbonyl (C=O) groups excluding carboxylic acids is 2. The summed E-state index contributed by atoms with van der Waals surface area (Å²) in [7, 11) is 0. The first kappa shape index (κ1) is 17.3. The largest absolute Gasteiger partial charge is 0.436 e. The Kier molecular flexibility index (Phi) is 4.79. The van der Waals surface area contributed by atoms with Gasteiger partial charge < -0.3 is 15.5 Å². The number of benzene rings is 2. The van der Waals surface area contributed by atoms with Gasteiger partial charge in [0.25, 0.3) is 5.91 Å². The van der Waals surface area contributed by atoms with E-state index >= 15 is 0 Å². The lowest BCUT2D eigenvalue weighted by atomic mass is 10.1. The van der Waals surface area contributed by atoms with Crippen LogP contribution in [0.25, 0.3) is 22.8 Å². The van der Waals surface area contributed by atoms with Gasteiger partial charge in [-0.25, -0.2) is 9.37 Å². The first-order chi connectivity index (χ1) is 12.5. The van der Waals surface area contributed by atoms with E-state index in [1.165, 1.54) is 25.3 Å². The van der Waals surface area contributed by atoms with Crippen molar-refractivity contribution in [2.45, 2.75) is 13.0 Å². The van der Waals surface area contributed by atoms with E-state index in [1.807, 2.05) is 0 Å². The lowest BCUT2D eigenvalue weighted by Gasteiger charge is -2.11. The van der Waals surface area contributed by atoms with E-state index in [0.717, 1.165) is 0 Å². The second-order valence-electron chi connectivity index (χ2n) is 5.68. The maximum absolute atomic E-state index is 13.1. The lowest BCUT2D eigenvalue weighted by molar-refractivity contribution is -0.119. The second-order valence-corrected chi connectivity index (χ2v) is 5.68. The van der Waals surface area contributed by atoms with E-state index in [-0.39, 0.29) is 11.7 Å². The summed E-state index contributed by atoms with van der Waals surface area (Å²) >= 11 is 0. The number of oxazole rings is 1. The summed E-state index contributed by atoms with van der Waals surface area (Å²) < 4.78 is 18.8. The van der Waals surface area contributed by atoms with Crippen molar-refractivity contribution < 1.29 is 18.4 Å². The van der Waals surface area contributed by atoms with Crippen LogP contribution in [0, 0.1) is 5.82 Å². The molecule has 0 saturated carbocycles. The molecule has 1 unspecified atom stereocenters. The Morgan fingerprint density at radius 3 is 2.54 bits per heavy atom. The fraction of sp³-hybridized carbons (Fsp3) is 0.105. The summed E-state index contributed by atoms with van der Waals surface area (Å²) in [5, 5.41) is 2.53. The first-order valence-corrected chi connectivity index (χ1v) is 7.87. The monoisotopic (exact) mass is 353 g/mol. The van der Waals surface area contributed by atoms with Gasteiger partial charge in [0.15, 0.2) is 5.76 Å². The molecule has 1 heterocycles. The average molecular weight is 353 g/mol. The summed E-state index contributed by atoms with van der Waals surface area (Å²) in [6.45, 7) is 1.50. The van der Waals surface area contributed by atoms with E-state index in [2.05, 4.69) is 10.3 Å². The number of nitrogens with two attached hydrogens (primary N) is 1. The van der Waals surface area contributed by atoms with Crippen molar-refractivity contribution in [3.05, 3.63) is 66.1 Å². The molecule has 132 valence electrons. The van der Waals surface area contributed by atoms with E-state index in [1.54, 1.807) is 36.4 Å². The minimum absolute atomic E-state index is 0.238. The smallest absolute Gasteiger partial charge is 0.252 e. The zero-order valence-corrected chi connectivity index (χ0v) is 13.9. The zero-order chi connectivity index (χ0) is 18.7. The standard InChI is InChI=1S/C19H16FN3O3/c1-11(17(21)24)23-18(25)14-4-2-3-5-15(14)19-22-10-16(26-19)12-6-8-13(20)9-7-12/h2-11H,1H3,(H2,21,24)(H,23,25). The highest BCUT2D eigenvalue weighted by Gasteiger charge is 2.19. The van der Waals surface area contributed by atoms with E-state index in [9.17, 15) is 14.0 Å². The Labute approximate surface area is 148 Å². The fourth-order valence-electron chi connectivity index (χ4n) is 2.36. The third-order valence-electron chi connectivity index (χ3n) is 3.81. The van der Waals surface area contributed by atoms with Gasteiger partial charge in [-0.15, -0.1) is 0 Å². The molecule has 3 aromatic rings. The molecule has 2 amide bonds. The molecular weight excluding hydrogens is 337 g/mol. The fourth-order valence-corrected chi connectivity index (χ4v) is 2.36. The van der Waals surface area contributed by atoms with Crippen molar-refractivity contribution in [2.24, 2.45) is 5.73 Å². The summed E-state index contributed by atoms with van der Waals surface area (Å²) in [6.07, 6.45) is 1.50. The van der Waals surface area contributed by atoms with Crippen LogP contribution in [0.4, 0.5) is 4.39 Å². The minimum atomic E-state index is -0.810. The molecule has 0 spiro atoms. The third-order valence-corrected chi connectivity index (χ3v) is 3.81. The van der Waals surface area contributed by atoms with E-state index in [0.29, 0.717) is 22.5 Å². The van der Waals surface area contributed by atoms with Gasteiger partial charge in [-0.3, -0.25) is 9.59 Å². The molecule has 0 bridgehead atoms. The molecule has 26 heavy (non-hydrogen) atoms. The van der Waals surface area contributed by atoms with Crippen molar-refractivity contribution >= 4 is 11.8 Å². The molecule has 7 heteroatoms. The zero-order valence-electron chi connectivity index (χ0n) is 13.9. The Morgan fingerprint density at radius 1 is 1.15 bits per heavy atom. The van der Waals surface area contributed by atoms with Gasteiger partial charge in [0.1, 0.15) is 11.9 Å². The number of primary amides is 1. The predicted molar refractivity (Wildman–Crippen MR) is 93.5 cm³/mol. The number of amides is 2. The van der Waals surface area contributed by atoms with Crippen molar-refractivity contribution in [2.75, 3.05) is 0 Å². The number of nitrogens with one attached hydrogen (secondary N) is 1. The molecule has 3 rings (SSSR count). The van der Waals surface area contributed by atoms with Gasteiger partial charge in [-0.1, -0.05) is 12.1 Å². The molecule has 2 aromatic carbocycles. The van der Waals surface area contributed by atoms with E-state index in [4.69, 9.17) is 10.2 Å². The summed E-state index contributed by atoms with van der Waals surface area (Å²) in [4.78, 5) is 27.8. The molecule has 0 fully saturated rings. The number of halogens is 1. The minimum Gasteiger partial charge on any atom is -0.436 e. The molecule has 6 nitrogen and oxygen atoms in total. The second kappa shape index (κ2) is 7.18. The Hall–Kier alpha value is -3.48. The maximum atomic E-state index is 13.1. The maximum Gasteiger partial charge on any atom is 0.252 e. The molecule has 1 aromatic heterocycles. The number of aromatic nitrogens is 1. The van der Waals surface area contributed by atoms with Crippen LogP contribution in [0.5, 0.6) is 0 Å². The van der Waals surface area contributed by atoms with Gasteiger partial charge in [0, 0.05) is 11.1 Å². The Bertz CT molecular complexity index is 951. The van der Waals surface area contributed by atoms with Crippen LogP contribution in [0.15, 0.2) is 59.1 Å². The molecule has 1 atom stereocenters. The van der Waals surface area contributed by atoms with Crippen molar-refractivity contribution in [3.63, 3.8) is 0 Å². The van der Waals surface area contributed by atoms with Crippen LogP contribution in [0.3, 0.4) is 0 Å². The first-order valence-electron chi connectivity index (χ1n) is 7.87. The van der Waals surface area contributed by atoms with Crippen molar-refractivity contribution in [3.8, 4) is 22.8 Å². The predicted octanol–water partition coefficient (Wildman–Crippen LogP) is 2.75. The third kappa shape index (κ3) is 3.61. The quantitative estimate of drug-likeness (QED) is 0.737. The molecule has 0 aliphatic heterocycles. The van der Waals surface area contributed by atoms with Crippen LogP contribution in [-0.4, -0.2) is 22.8 Å². The molecule has 0 aliphatic carbocycles. The molecule has 0 radical (unpaired) electrons. The van der Waals surface area contributed by atoms with Crippen molar-refractivity contribution in [1.82, 2.24) is 10.3 Å². The SMILES string of the molecule is CC(NC(=O)c1ccccc1-c1ncc(-c2ccc(F)cc2)o1)C(N)=O. The molecule has 0 aliphatic rings. The molecular formula is C19H16FN3O3. The molecule has 0 saturated heterocycles. The highest BCUT2D eigenvalue weighted by Crippen LogP contribution is 2.28. The van der Waals surface area contributed by atoms with Gasteiger partial charge in [0.05, 0.1) is 11.8 Å². The van der Waals surface area contributed by atoms with Crippen molar-refractivity contribution in [1.29, 1.82) is 0 Å². The number of hydrogen-bond acceptors (Lipinski definition) is 4. The Balaban J connectivity index is 1.92. The highest BCUT2D eigenvalue weighted by molar-refractivity contribution is 6.01. The van der Waals surface area contributed by atoms with Crippen LogP contribution in [-0.2, 0) is 4.79 Å². The summed E-state index contributed by atoms with van der Waals surface area (Å²) in [5.74, 6) is -0.763. The van der Waals surface area contributed by atoms with Gasteiger partial charge in [-0.05, 0) is 43.3 Å². The van der Waals surface area contributed by atoms with Gasteiger partial charge in [0.2, 0.25) is 11.8 Å². The number of rotatable bonds is 5. The Morgan fingerprint density at radius 2 is 1.85 bits per heavy atom. The summed E-state index contributed by atoms with van der Waals surface area (Å²) in [5.41, 5.74) is 6.61. The number of carbonyl (C=O) groups is 2. The highest BCUT2D eigenvalue weighted by atomic mass is 19.1. The topological polar surface area (TPSA) is 98.2 Å².